The number of aryl methyl sites for hydroxylation is 2. The van der Waals surface area contributed by atoms with Crippen LogP contribution in [0.5, 0.6) is 0 Å². The SMILES string of the molecule is Cc1nc(C)c(S(=O)(=O)N[C@@H](CNC(=O)CC2CC(c3ccc(C(=N)N)cc3)=NO2)C(=O)O)s1. The largest absolute Gasteiger partial charge is 0.480 e. The number of amides is 1. The highest BCUT2D eigenvalue weighted by atomic mass is 32.2. The number of carbonyl (C=O) groups excluding carboxylic acids is 1. The number of amidine groups is 1. The minimum Gasteiger partial charge on any atom is -0.480 e. The number of nitrogens with two attached hydrogens (primary N) is 1. The summed E-state index contributed by atoms with van der Waals surface area (Å²) >= 11 is 0.933. The second kappa shape index (κ2) is 10.3. The van der Waals surface area contributed by atoms with Crippen LogP contribution in [0.1, 0.15) is 34.7 Å². The summed E-state index contributed by atoms with van der Waals surface area (Å²) in [6.07, 6.45) is -0.290. The van der Waals surface area contributed by atoms with Gasteiger partial charge in [0.15, 0.2) is 4.21 Å². The lowest BCUT2D eigenvalue weighted by atomic mass is 10.0. The van der Waals surface area contributed by atoms with Gasteiger partial charge in [0, 0.05) is 18.5 Å². The minimum absolute atomic E-state index is 0.0510. The number of nitrogens with zero attached hydrogens (tertiary/aromatic N) is 2. The fourth-order valence-electron chi connectivity index (χ4n) is 3.23. The van der Waals surface area contributed by atoms with E-state index in [9.17, 15) is 23.1 Å². The topological polar surface area (TPSA) is 197 Å². The van der Waals surface area contributed by atoms with E-state index in [0.717, 1.165) is 16.9 Å². The summed E-state index contributed by atoms with van der Waals surface area (Å²) in [6, 6.07) is 5.30. The second-order valence-electron chi connectivity index (χ2n) is 7.59. The molecule has 0 saturated heterocycles. The van der Waals surface area contributed by atoms with Crippen LogP contribution in [0.4, 0.5) is 0 Å². The molecule has 14 heteroatoms. The quantitative estimate of drug-likeness (QED) is 0.225. The molecule has 2 aromatic rings. The Morgan fingerprint density at radius 1 is 1.32 bits per heavy atom. The summed E-state index contributed by atoms with van der Waals surface area (Å²) in [5.74, 6) is -1.99. The van der Waals surface area contributed by atoms with Gasteiger partial charge in [0.25, 0.3) is 10.0 Å². The van der Waals surface area contributed by atoms with Crippen LogP contribution in [0.2, 0.25) is 0 Å². The summed E-state index contributed by atoms with van der Waals surface area (Å²) in [6.45, 7) is 2.72. The molecule has 0 aliphatic carbocycles. The molecule has 12 nitrogen and oxygen atoms in total. The van der Waals surface area contributed by atoms with Gasteiger partial charge in [-0.1, -0.05) is 29.4 Å². The highest BCUT2D eigenvalue weighted by Gasteiger charge is 2.30. The van der Waals surface area contributed by atoms with Gasteiger partial charge in [0.1, 0.15) is 18.0 Å². The molecule has 1 amide bonds. The van der Waals surface area contributed by atoms with Crippen molar-refractivity contribution in [2.24, 2.45) is 10.9 Å². The summed E-state index contributed by atoms with van der Waals surface area (Å²) in [4.78, 5) is 33.2. The van der Waals surface area contributed by atoms with E-state index in [1.807, 2.05) is 0 Å². The Morgan fingerprint density at radius 2 is 2.00 bits per heavy atom. The van der Waals surface area contributed by atoms with Crippen LogP contribution in [-0.4, -0.2) is 60.6 Å². The van der Waals surface area contributed by atoms with E-state index in [1.54, 1.807) is 31.2 Å². The fraction of sp³-hybridized carbons (Fsp3) is 0.350. The average Bonchev–Trinajstić information content (AvgIpc) is 3.37. The smallest absolute Gasteiger partial charge is 0.323 e. The van der Waals surface area contributed by atoms with Crippen LogP contribution in [-0.2, 0) is 24.4 Å². The molecule has 3 rings (SSSR count). The minimum atomic E-state index is -4.12. The number of aromatic nitrogens is 1. The molecule has 1 aliphatic heterocycles. The number of carbonyl (C=O) groups is 2. The molecule has 6 N–H and O–H groups in total. The normalized spacial score (nSPS) is 16.4. The first kappa shape index (κ1) is 25.3. The molecule has 0 bridgehead atoms. The van der Waals surface area contributed by atoms with Crippen LogP contribution in [0.25, 0.3) is 0 Å². The van der Waals surface area contributed by atoms with Crippen LogP contribution < -0.4 is 15.8 Å². The Hall–Kier alpha value is -3.36. The number of thiazole rings is 1. The van der Waals surface area contributed by atoms with Crippen molar-refractivity contribution in [3.63, 3.8) is 0 Å². The van der Waals surface area contributed by atoms with Crippen molar-refractivity contribution < 1.29 is 28.0 Å². The third kappa shape index (κ3) is 6.15. The molecule has 2 heterocycles. The Bertz CT molecular complexity index is 1240. The third-order valence-corrected chi connectivity index (χ3v) is 8.03. The van der Waals surface area contributed by atoms with Crippen molar-refractivity contribution in [3.8, 4) is 0 Å². The Labute approximate surface area is 199 Å². The molecule has 2 atom stereocenters. The molecule has 182 valence electrons. The standard InChI is InChI=1S/C20H24N6O6S2/c1-10-20(33-11(2)24-10)34(30,31)26-16(19(28)29)9-23-17(27)8-14-7-15(25-32-14)12-3-5-13(6-4-12)18(21)22/h3-6,14,16,26H,7-9H2,1-2H3,(H3,21,22)(H,23,27)(H,28,29)/t14?,16-/m0/s1. The summed E-state index contributed by atoms with van der Waals surface area (Å²) < 4.78 is 27.2. The summed E-state index contributed by atoms with van der Waals surface area (Å²) in [5, 5.41) is 23.8. The number of carboxylic acids is 1. The molecule has 0 saturated carbocycles. The number of nitrogen functional groups attached to an aromatic ring is 1. The lowest BCUT2D eigenvalue weighted by Gasteiger charge is -2.16. The maximum atomic E-state index is 12.6. The van der Waals surface area contributed by atoms with Crippen molar-refractivity contribution in [2.75, 3.05) is 6.54 Å². The third-order valence-electron chi connectivity index (χ3n) is 4.88. The Kier molecular flexibility index (Phi) is 7.64. The summed E-state index contributed by atoms with van der Waals surface area (Å²) in [7, 11) is -4.12. The van der Waals surface area contributed by atoms with E-state index in [2.05, 4.69) is 20.2 Å². The van der Waals surface area contributed by atoms with Gasteiger partial charge in [-0.15, -0.1) is 11.3 Å². The molecule has 1 aromatic carbocycles. The van der Waals surface area contributed by atoms with Gasteiger partial charge in [-0.2, -0.15) is 4.72 Å². The van der Waals surface area contributed by atoms with Crippen LogP contribution in [0.3, 0.4) is 0 Å². The van der Waals surface area contributed by atoms with Gasteiger partial charge in [0.05, 0.1) is 22.8 Å². The van der Waals surface area contributed by atoms with E-state index in [-0.39, 0.29) is 22.2 Å². The lowest BCUT2D eigenvalue weighted by molar-refractivity contribution is -0.138. The molecule has 0 fully saturated rings. The number of hydrogen-bond acceptors (Lipinski definition) is 9. The van der Waals surface area contributed by atoms with Crippen LogP contribution in [0, 0.1) is 19.3 Å². The monoisotopic (exact) mass is 508 g/mol. The summed E-state index contributed by atoms with van der Waals surface area (Å²) in [5.41, 5.74) is 7.67. The maximum Gasteiger partial charge on any atom is 0.323 e. The first-order valence-corrected chi connectivity index (χ1v) is 12.4. The first-order valence-electron chi connectivity index (χ1n) is 10.1. The number of aliphatic carboxylic acids is 1. The van der Waals surface area contributed by atoms with Gasteiger partial charge in [-0.05, 0) is 19.4 Å². The first-order chi connectivity index (χ1) is 16.0. The molecule has 0 radical (unpaired) electrons. The Balaban J connectivity index is 1.53. The molecular formula is C20H24N6O6S2. The van der Waals surface area contributed by atoms with Crippen LogP contribution >= 0.6 is 11.3 Å². The molecule has 34 heavy (non-hydrogen) atoms. The number of sulfonamides is 1. The van der Waals surface area contributed by atoms with E-state index in [0.29, 0.717) is 22.7 Å². The zero-order valence-electron chi connectivity index (χ0n) is 18.4. The van der Waals surface area contributed by atoms with Crippen molar-refractivity contribution in [1.82, 2.24) is 15.0 Å². The number of oxime groups is 1. The van der Waals surface area contributed by atoms with Gasteiger partial charge < -0.3 is 21.0 Å². The Morgan fingerprint density at radius 3 is 2.56 bits per heavy atom. The molecule has 1 aromatic heterocycles. The zero-order chi connectivity index (χ0) is 25.0. The lowest BCUT2D eigenvalue weighted by Crippen LogP contribution is -2.48. The number of hydrogen-bond donors (Lipinski definition) is 5. The molecular weight excluding hydrogens is 484 g/mol. The number of benzene rings is 1. The van der Waals surface area contributed by atoms with Crippen molar-refractivity contribution >= 4 is 44.8 Å². The predicted octanol–water partition coefficient (Wildman–Crippen LogP) is 0.475. The van der Waals surface area contributed by atoms with Gasteiger partial charge in [0.2, 0.25) is 5.91 Å². The van der Waals surface area contributed by atoms with E-state index >= 15 is 0 Å². The molecule has 1 unspecified atom stereocenters. The number of nitrogens with one attached hydrogen (secondary N) is 3. The highest BCUT2D eigenvalue weighted by molar-refractivity contribution is 7.91. The van der Waals surface area contributed by atoms with Crippen molar-refractivity contribution in [1.29, 1.82) is 5.41 Å². The van der Waals surface area contributed by atoms with Crippen LogP contribution in [0.15, 0.2) is 33.6 Å². The molecule has 0 spiro atoms. The van der Waals surface area contributed by atoms with Crippen molar-refractivity contribution in [2.45, 2.75) is 43.0 Å². The number of carboxylic acid groups (broad SMARTS) is 1. The maximum absolute atomic E-state index is 12.6. The van der Waals surface area contributed by atoms with Gasteiger partial charge in [-0.25, -0.2) is 13.4 Å². The molecule has 1 aliphatic rings. The van der Waals surface area contributed by atoms with Gasteiger partial charge in [-0.3, -0.25) is 15.0 Å². The van der Waals surface area contributed by atoms with E-state index in [1.165, 1.54) is 6.92 Å². The average molecular weight is 509 g/mol. The number of rotatable bonds is 10. The zero-order valence-corrected chi connectivity index (χ0v) is 20.0. The van der Waals surface area contributed by atoms with Gasteiger partial charge >= 0.3 is 5.97 Å². The van der Waals surface area contributed by atoms with E-state index < -0.39 is 40.6 Å². The second-order valence-corrected chi connectivity index (χ2v) is 10.7. The van der Waals surface area contributed by atoms with E-state index in [4.69, 9.17) is 16.0 Å². The highest BCUT2D eigenvalue weighted by Crippen LogP contribution is 2.23. The fourth-order valence-corrected chi connectivity index (χ4v) is 5.92. The predicted molar refractivity (Wildman–Crippen MR) is 124 cm³/mol. The van der Waals surface area contributed by atoms with Crippen molar-refractivity contribution in [3.05, 3.63) is 46.1 Å².